The van der Waals surface area contributed by atoms with E-state index >= 15 is 0 Å². The molecule has 0 atom stereocenters. The molecule has 1 rings (SSSR count). The van der Waals surface area contributed by atoms with Crippen LogP contribution in [0.25, 0.3) is 0 Å². The van der Waals surface area contributed by atoms with Gasteiger partial charge in [-0.05, 0) is 19.9 Å². The second-order valence-corrected chi connectivity index (χ2v) is 3.45. The molecule has 0 amide bonds. The number of rotatable bonds is 5. The van der Waals surface area contributed by atoms with E-state index in [0.29, 0.717) is 0 Å². The molecule has 0 heterocycles. The molecule has 98 valence electrons. The topological polar surface area (TPSA) is 69.4 Å². The van der Waals surface area contributed by atoms with Gasteiger partial charge in [-0.25, -0.2) is 8.78 Å². The van der Waals surface area contributed by atoms with Crippen LogP contribution in [-0.4, -0.2) is 17.3 Å². The normalized spacial score (nSPS) is 10.5. The average Bonchev–Trinajstić information content (AvgIpc) is 2.28. The third-order valence-corrected chi connectivity index (χ3v) is 2.24. The zero-order valence-electron chi connectivity index (χ0n) is 9.78. The minimum Gasteiger partial charge on any atom is -0.487 e. The van der Waals surface area contributed by atoms with Gasteiger partial charge in [-0.3, -0.25) is 14.9 Å². The first-order chi connectivity index (χ1) is 8.38. The summed E-state index contributed by atoms with van der Waals surface area (Å²) in [5.41, 5.74) is -1.41. The Kier molecular flexibility index (Phi) is 4.30. The molecule has 0 radical (unpaired) electrons. The summed E-state index contributed by atoms with van der Waals surface area (Å²) in [7, 11) is 0. The first-order valence-corrected chi connectivity index (χ1v) is 5.12. The summed E-state index contributed by atoms with van der Waals surface area (Å²) in [6, 6.07) is 1.68. The van der Waals surface area contributed by atoms with Crippen LogP contribution < -0.4 is 4.74 Å². The highest BCUT2D eigenvalue weighted by atomic mass is 19.3. The van der Waals surface area contributed by atoms with Gasteiger partial charge in [0.2, 0.25) is 0 Å². The molecule has 0 unspecified atom stereocenters. The van der Waals surface area contributed by atoms with Gasteiger partial charge in [-0.2, -0.15) is 0 Å². The summed E-state index contributed by atoms with van der Waals surface area (Å²) >= 11 is 0. The van der Waals surface area contributed by atoms with Crippen molar-refractivity contribution in [3.05, 3.63) is 33.4 Å². The first-order valence-electron chi connectivity index (χ1n) is 5.12. The Balaban J connectivity index is 3.49. The molecule has 0 bridgehead atoms. The molecule has 0 aromatic heterocycles. The predicted octanol–water partition coefficient (Wildman–Crippen LogP) is 3.13. The third-order valence-electron chi connectivity index (χ3n) is 2.24. The number of nitro groups is 1. The molecule has 0 saturated heterocycles. The van der Waals surface area contributed by atoms with Gasteiger partial charge in [-0.15, -0.1) is 0 Å². The van der Waals surface area contributed by atoms with Gasteiger partial charge >= 0.3 is 5.69 Å². The maximum Gasteiger partial charge on any atom is 0.311 e. The number of hydrogen-bond acceptors (Lipinski definition) is 4. The van der Waals surface area contributed by atoms with Crippen molar-refractivity contribution in [3.8, 4) is 5.75 Å². The summed E-state index contributed by atoms with van der Waals surface area (Å²) in [4.78, 5) is 21.2. The lowest BCUT2D eigenvalue weighted by Gasteiger charge is -2.10. The molecule has 5 nitrogen and oxygen atoms in total. The summed E-state index contributed by atoms with van der Waals surface area (Å²) in [5, 5.41) is 10.8. The SMILES string of the molecule is CCOc1cc(C(F)F)c(C(C)=O)cc1[N+](=O)[O-]. The fraction of sp³-hybridized carbons (Fsp3) is 0.364. The summed E-state index contributed by atoms with van der Waals surface area (Å²) < 4.78 is 30.5. The number of carbonyl (C=O) groups is 1. The van der Waals surface area contributed by atoms with Crippen molar-refractivity contribution in [1.82, 2.24) is 0 Å². The minimum absolute atomic E-state index is 0.100. The fourth-order valence-corrected chi connectivity index (χ4v) is 1.48. The van der Waals surface area contributed by atoms with Gasteiger partial charge in [0.1, 0.15) is 0 Å². The second-order valence-electron chi connectivity index (χ2n) is 3.45. The van der Waals surface area contributed by atoms with Crippen LogP contribution >= 0.6 is 0 Å². The van der Waals surface area contributed by atoms with E-state index in [1.165, 1.54) is 0 Å². The summed E-state index contributed by atoms with van der Waals surface area (Å²) in [5.74, 6) is -0.917. The maximum atomic E-state index is 12.8. The van der Waals surface area contributed by atoms with Gasteiger partial charge in [0.05, 0.1) is 11.5 Å². The third kappa shape index (κ3) is 2.79. The van der Waals surface area contributed by atoms with E-state index < -0.39 is 28.4 Å². The van der Waals surface area contributed by atoms with Gasteiger partial charge in [0.25, 0.3) is 6.43 Å². The number of carbonyl (C=O) groups excluding carboxylic acids is 1. The highest BCUT2D eigenvalue weighted by Gasteiger charge is 2.25. The Bertz CT molecular complexity index is 488. The molecule has 0 aliphatic heterocycles. The monoisotopic (exact) mass is 259 g/mol. The zero-order valence-corrected chi connectivity index (χ0v) is 9.78. The lowest BCUT2D eigenvalue weighted by molar-refractivity contribution is -0.385. The van der Waals surface area contributed by atoms with Crippen molar-refractivity contribution in [3.63, 3.8) is 0 Å². The van der Waals surface area contributed by atoms with Crippen LogP contribution in [0, 0.1) is 10.1 Å². The lowest BCUT2D eigenvalue weighted by Crippen LogP contribution is -2.05. The number of Topliss-reactive ketones (excluding diaryl/α,β-unsaturated/α-hetero) is 1. The van der Waals surface area contributed by atoms with Crippen LogP contribution in [0.4, 0.5) is 14.5 Å². The number of ether oxygens (including phenoxy) is 1. The van der Waals surface area contributed by atoms with Crippen molar-refractivity contribution in [2.75, 3.05) is 6.61 Å². The quantitative estimate of drug-likeness (QED) is 0.462. The van der Waals surface area contributed by atoms with Crippen LogP contribution in [0.2, 0.25) is 0 Å². The van der Waals surface area contributed by atoms with Crippen molar-refractivity contribution < 1.29 is 23.2 Å². The lowest BCUT2D eigenvalue weighted by atomic mass is 10.0. The number of alkyl halides is 2. The molecule has 1 aromatic rings. The Morgan fingerprint density at radius 3 is 2.50 bits per heavy atom. The molecule has 18 heavy (non-hydrogen) atoms. The van der Waals surface area contributed by atoms with E-state index in [9.17, 15) is 23.7 Å². The fourth-order valence-electron chi connectivity index (χ4n) is 1.48. The van der Waals surface area contributed by atoms with Crippen LogP contribution in [0.3, 0.4) is 0 Å². The Morgan fingerprint density at radius 2 is 2.11 bits per heavy atom. The number of nitrogens with zero attached hydrogens (tertiary/aromatic N) is 1. The molecular weight excluding hydrogens is 248 g/mol. The van der Waals surface area contributed by atoms with Gasteiger partial charge in [0, 0.05) is 17.2 Å². The molecule has 0 aliphatic rings. The molecule has 0 fully saturated rings. The van der Waals surface area contributed by atoms with Crippen molar-refractivity contribution in [2.24, 2.45) is 0 Å². The average molecular weight is 259 g/mol. The molecule has 0 spiro atoms. The van der Waals surface area contributed by atoms with Crippen LogP contribution in [-0.2, 0) is 0 Å². The maximum absolute atomic E-state index is 12.8. The van der Waals surface area contributed by atoms with Gasteiger partial charge in [-0.1, -0.05) is 0 Å². The van der Waals surface area contributed by atoms with Gasteiger partial charge < -0.3 is 4.74 Å². The zero-order chi connectivity index (χ0) is 13.9. The van der Waals surface area contributed by atoms with E-state index in [1.54, 1.807) is 6.92 Å². The smallest absolute Gasteiger partial charge is 0.311 e. The van der Waals surface area contributed by atoms with Gasteiger partial charge in [0.15, 0.2) is 11.5 Å². The molecule has 0 aliphatic carbocycles. The molecule has 0 N–H and O–H groups in total. The van der Waals surface area contributed by atoms with E-state index in [0.717, 1.165) is 19.1 Å². The minimum atomic E-state index is -2.90. The Hall–Kier alpha value is -2.05. The van der Waals surface area contributed by atoms with E-state index in [4.69, 9.17) is 4.74 Å². The number of halogens is 2. The Morgan fingerprint density at radius 1 is 1.50 bits per heavy atom. The largest absolute Gasteiger partial charge is 0.487 e. The number of benzene rings is 1. The van der Waals surface area contributed by atoms with E-state index in [-0.39, 0.29) is 17.9 Å². The van der Waals surface area contributed by atoms with Crippen LogP contribution in [0.5, 0.6) is 5.75 Å². The molecule has 1 aromatic carbocycles. The standard InChI is InChI=1S/C11H11F2NO4/c1-3-18-10-5-8(11(12)13)7(6(2)15)4-9(10)14(16)17/h4-5,11H,3H2,1-2H3. The van der Waals surface area contributed by atoms with Crippen LogP contribution in [0.15, 0.2) is 12.1 Å². The van der Waals surface area contributed by atoms with E-state index in [2.05, 4.69) is 0 Å². The van der Waals surface area contributed by atoms with Crippen LogP contribution in [0.1, 0.15) is 36.2 Å². The Labute approximate surface area is 102 Å². The van der Waals surface area contributed by atoms with Crippen molar-refractivity contribution >= 4 is 11.5 Å². The molecule has 0 saturated carbocycles. The number of nitro benzene ring substituents is 1. The molecule has 7 heteroatoms. The highest BCUT2D eigenvalue weighted by Crippen LogP contribution is 2.35. The van der Waals surface area contributed by atoms with Crippen molar-refractivity contribution in [2.45, 2.75) is 20.3 Å². The second kappa shape index (κ2) is 5.52. The molecular formula is C11H11F2NO4. The van der Waals surface area contributed by atoms with E-state index in [1.807, 2.05) is 0 Å². The predicted molar refractivity (Wildman–Crippen MR) is 59.2 cm³/mol. The highest BCUT2D eigenvalue weighted by molar-refractivity contribution is 5.96. The number of hydrogen-bond donors (Lipinski definition) is 0. The van der Waals surface area contributed by atoms with Crippen molar-refractivity contribution in [1.29, 1.82) is 0 Å². The summed E-state index contributed by atoms with van der Waals surface area (Å²) in [6.07, 6.45) is -2.90. The number of ketones is 1. The summed E-state index contributed by atoms with van der Waals surface area (Å²) in [6.45, 7) is 2.75. The first kappa shape index (κ1) is 14.0.